The quantitative estimate of drug-likeness (QED) is 0.714. The smallest absolute Gasteiger partial charge is 0.150 e. The zero-order valence-electron chi connectivity index (χ0n) is 13.6. The SMILES string of the molecule is CC1=CC(C)(C)N(c2ccc(C)cc2)c2ccc(C=O)cc21. The number of hydrogen-bond acceptors (Lipinski definition) is 2. The molecule has 0 aliphatic carbocycles. The molecule has 0 spiro atoms. The van der Waals surface area contributed by atoms with Crippen molar-refractivity contribution in [3.05, 3.63) is 65.2 Å². The molecule has 2 nitrogen and oxygen atoms in total. The van der Waals surface area contributed by atoms with Crippen molar-refractivity contribution in [1.82, 2.24) is 0 Å². The number of hydrogen-bond donors (Lipinski definition) is 0. The molecule has 0 unspecified atom stereocenters. The number of anilines is 2. The predicted octanol–water partition coefficient (Wildman–Crippen LogP) is 5.14. The van der Waals surface area contributed by atoms with Gasteiger partial charge >= 0.3 is 0 Å². The van der Waals surface area contributed by atoms with E-state index in [9.17, 15) is 4.79 Å². The van der Waals surface area contributed by atoms with Crippen LogP contribution in [0, 0.1) is 6.92 Å². The average molecular weight is 291 g/mol. The van der Waals surface area contributed by atoms with Gasteiger partial charge in [-0.1, -0.05) is 23.8 Å². The minimum absolute atomic E-state index is 0.116. The molecule has 2 aromatic carbocycles. The zero-order chi connectivity index (χ0) is 15.9. The lowest BCUT2D eigenvalue weighted by Crippen LogP contribution is -2.41. The molecule has 0 N–H and O–H groups in total. The van der Waals surface area contributed by atoms with Gasteiger partial charge in [0.15, 0.2) is 0 Å². The molecule has 1 aliphatic heterocycles. The number of rotatable bonds is 2. The molecule has 3 rings (SSSR count). The maximum Gasteiger partial charge on any atom is 0.150 e. The topological polar surface area (TPSA) is 20.3 Å². The lowest BCUT2D eigenvalue weighted by Gasteiger charge is -2.43. The Morgan fingerprint density at radius 3 is 2.32 bits per heavy atom. The zero-order valence-corrected chi connectivity index (χ0v) is 13.6. The second kappa shape index (κ2) is 5.13. The predicted molar refractivity (Wildman–Crippen MR) is 92.9 cm³/mol. The summed E-state index contributed by atoms with van der Waals surface area (Å²) in [5.74, 6) is 0. The van der Waals surface area contributed by atoms with Crippen LogP contribution in [-0.2, 0) is 0 Å². The van der Waals surface area contributed by atoms with Crippen LogP contribution in [0.15, 0.2) is 48.5 Å². The van der Waals surface area contributed by atoms with Crippen molar-refractivity contribution < 1.29 is 4.79 Å². The summed E-state index contributed by atoms with van der Waals surface area (Å²) in [5.41, 5.74) is 6.52. The summed E-state index contributed by atoms with van der Waals surface area (Å²) in [4.78, 5) is 13.4. The van der Waals surface area contributed by atoms with Gasteiger partial charge in [0.2, 0.25) is 0 Å². The molecule has 1 heterocycles. The maximum atomic E-state index is 11.1. The average Bonchev–Trinajstić information content (AvgIpc) is 2.48. The van der Waals surface area contributed by atoms with Crippen molar-refractivity contribution >= 4 is 23.2 Å². The van der Waals surface area contributed by atoms with Gasteiger partial charge in [0, 0.05) is 22.5 Å². The van der Waals surface area contributed by atoms with E-state index in [4.69, 9.17) is 0 Å². The van der Waals surface area contributed by atoms with Gasteiger partial charge < -0.3 is 4.90 Å². The molecule has 0 bridgehead atoms. The minimum atomic E-state index is -0.116. The molecule has 0 radical (unpaired) electrons. The first-order chi connectivity index (χ1) is 10.4. The summed E-state index contributed by atoms with van der Waals surface area (Å²) in [5, 5.41) is 0. The van der Waals surface area contributed by atoms with E-state index < -0.39 is 0 Å². The van der Waals surface area contributed by atoms with Crippen LogP contribution < -0.4 is 4.90 Å². The molecule has 22 heavy (non-hydrogen) atoms. The lowest BCUT2D eigenvalue weighted by molar-refractivity contribution is 0.112. The van der Waals surface area contributed by atoms with E-state index >= 15 is 0 Å². The third-order valence-electron chi connectivity index (χ3n) is 4.26. The molecule has 2 aromatic rings. The van der Waals surface area contributed by atoms with Crippen LogP contribution in [0.2, 0.25) is 0 Å². The number of allylic oxidation sites excluding steroid dienone is 1. The fourth-order valence-electron chi connectivity index (χ4n) is 3.29. The van der Waals surface area contributed by atoms with Gasteiger partial charge in [0.1, 0.15) is 6.29 Å². The summed E-state index contributed by atoms with van der Waals surface area (Å²) in [6, 6.07) is 14.5. The second-order valence-corrected chi connectivity index (χ2v) is 6.55. The van der Waals surface area contributed by atoms with Gasteiger partial charge in [-0.25, -0.2) is 0 Å². The monoisotopic (exact) mass is 291 g/mol. The van der Waals surface area contributed by atoms with E-state index in [1.807, 2.05) is 12.1 Å². The standard InChI is InChI=1S/C20H21NO/c1-14-5-8-17(9-6-14)21-19-10-7-16(13-22)11-18(19)15(2)12-20(21,3)4/h5-13H,1-4H3. The molecule has 0 saturated carbocycles. The van der Waals surface area contributed by atoms with E-state index in [-0.39, 0.29) is 5.54 Å². The molecule has 1 aliphatic rings. The molecule has 112 valence electrons. The number of aldehydes is 1. The van der Waals surface area contributed by atoms with Crippen LogP contribution in [0.4, 0.5) is 11.4 Å². The molecular weight excluding hydrogens is 270 g/mol. The van der Waals surface area contributed by atoms with Crippen molar-refractivity contribution in [3.8, 4) is 0 Å². The number of aryl methyl sites for hydroxylation is 1. The van der Waals surface area contributed by atoms with Crippen molar-refractivity contribution in [3.63, 3.8) is 0 Å². The number of fused-ring (bicyclic) bond motifs is 1. The van der Waals surface area contributed by atoms with E-state index in [0.29, 0.717) is 0 Å². The van der Waals surface area contributed by atoms with Crippen molar-refractivity contribution in [1.29, 1.82) is 0 Å². The fraction of sp³-hybridized carbons (Fsp3) is 0.250. The third kappa shape index (κ3) is 2.35. The van der Waals surface area contributed by atoms with Gasteiger partial charge in [-0.05, 0) is 63.6 Å². The molecule has 0 amide bonds. The molecular formula is C20H21NO. The molecule has 0 aromatic heterocycles. The summed E-state index contributed by atoms with van der Waals surface area (Å²) in [7, 11) is 0. The van der Waals surface area contributed by atoms with Gasteiger partial charge in [0.05, 0.1) is 5.54 Å². The summed E-state index contributed by atoms with van der Waals surface area (Å²) >= 11 is 0. The van der Waals surface area contributed by atoms with Gasteiger partial charge in [0.25, 0.3) is 0 Å². The van der Waals surface area contributed by atoms with Gasteiger partial charge in [-0.15, -0.1) is 0 Å². The van der Waals surface area contributed by atoms with E-state index in [1.165, 1.54) is 16.8 Å². The highest BCUT2D eigenvalue weighted by atomic mass is 16.1. The first-order valence-corrected chi connectivity index (χ1v) is 7.58. The number of carbonyl (C=O) groups excluding carboxylic acids is 1. The maximum absolute atomic E-state index is 11.1. The Balaban J connectivity index is 2.21. The Morgan fingerprint density at radius 1 is 1.00 bits per heavy atom. The number of benzene rings is 2. The Bertz CT molecular complexity index is 754. The highest BCUT2D eigenvalue weighted by Crippen LogP contribution is 2.43. The summed E-state index contributed by atoms with van der Waals surface area (Å²) < 4.78 is 0. The van der Waals surface area contributed by atoms with Crippen molar-refractivity contribution in [2.24, 2.45) is 0 Å². The van der Waals surface area contributed by atoms with E-state index in [2.05, 4.69) is 69.0 Å². The van der Waals surface area contributed by atoms with Crippen LogP contribution in [0.5, 0.6) is 0 Å². The van der Waals surface area contributed by atoms with Crippen LogP contribution in [-0.4, -0.2) is 11.8 Å². The first kappa shape index (κ1) is 14.6. The second-order valence-electron chi connectivity index (χ2n) is 6.55. The molecule has 0 atom stereocenters. The van der Waals surface area contributed by atoms with Crippen LogP contribution in [0.1, 0.15) is 42.3 Å². The number of nitrogens with zero attached hydrogens (tertiary/aromatic N) is 1. The highest BCUT2D eigenvalue weighted by molar-refractivity contribution is 5.89. The van der Waals surface area contributed by atoms with Gasteiger partial charge in [-0.3, -0.25) is 4.79 Å². The molecule has 0 saturated heterocycles. The normalized spacial score (nSPS) is 16.0. The van der Waals surface area contributed by atoms with Crippen LogP contribution in [0.25, 0.3) is 5.57 Å². The highest BCUT2D eigenvalue weighted by Gasteiger charge is 2.32. The molecule has 2 heteroatoms. The first-order valence-electron chi connectivity index (χ1n) is 7.58. The van der Waals surface area contributed by atoms with Crippen LogP contribution >= 0.6 is 0 Å². The Hall–Kier alpha value is -2.35. The van der Waals surface area contributed by atoms with Gasteiger partial charge in [-0.2, -0.15) is 0 Å². The van der Waals surface area contributed by atoms with Crippen molar-refractivity contribution in [2.45, 2.75) is 33.2 Å². The van der Waals surface area contributed by atoms with Crippen LogP contribution in [0.3, 0.4) is 0 Å². The Morgan fingerprint density at radius 2 is 1.68 bits per heavy atom. The van der Waals surface area contributed by atoms with Crippen molar-refractivity contribution in [2.75, 3.05) is 4.90 Å². The fourth-order valence-corrected chi connectivity index (χ4v) is 3.29. The summed E-state index contributed by atoms with van der Waals surface area (Å²) in [6.45, 7) is 8.64. The van der Waals surface area contributed by atoms with E-state index in [1.54, 1.807) is 0 Å². The number of carbonyl (C=O) groups is 1. The Labute approximate surface area is 132 Å². The third-order valence-corrected chi connectivity index (χ3v) is 4.26. The van der Waals surface area contributed by atoms with E-state index in [0.717, 1.165) is 23.1 Å². The minimum Gasteiger partial charge on any atom is -0.332 e. The lowest BCUT2D eigenvalue weighted by atomic mass is 9.87. The summed E-state index contributed by atoms with van der Waals surface area (Å²) in [6.07, 6.45) is 3.17. The largest absolute Gasteiger partial charge is 0.332 e. The Kier molecular flexibility index (Phi) is 3.40. The molecule has 0 fully saturated rings.